The van der Waals surface area contributed by atoms with Crippen LogP contribution < -0.4 is 9.96 Å². The molecule has 1 aliphatic carbocycles. The maximum Gasteiger partial charge on any atom is 0.183 e. The summed E-state index contributed by atoms with van der Waals surface area (Å²) in [7, 11) is -6.46. The van der Waals surface area contributed by atoms with Crippen molar-refractivity contribution in [2.75, 3.05) is 13.2 Å². The summed E-state index contributed by atoms with van der Waals surface area (Å²) in [6.45, 7) is 37.7. The van der Waals surface area contributed by atoms with Crippen LogP contribution in [0.4, 0.5) is 0 Å². The first-order chi connectivity index (χ1) is 15.0. The minimum absolute atomic E-state index is 0.146. The van der Waals surface area contributed by atoms with Crippen LogP contribution in [0.25, 0.3) is 0 Å². The van der Waals surface area contributed by atoms with Crippen molar-refractivity contribution in [1.29, 1.82) is 0 Å². The van der Waals surface area contributed by atoms with Crippen molar-refractivity contribution in [1.82, 2.24) is 9.96 Å². The van der Waals surface area contributed by atoms with E-state index in [9.17, 15) is 0 Å². The van der Waals surface area contributed by atoms with Gasteiger partial charge in [-0.25, -0.2) is 0 Å². The summed E-state index contributed by atoms with van der Waals surface area (Å²) < 4.78 is 12.8. The molecular weight excluding hydrogens is 485 g/mol. The normalized spacial score (nSPS) is 26.4. The van der Waals surface area contributed by atoms with E-state index in [1.165, 1.54) is 24.9 Å². The van der Waals surface area contributed by atoms with E-state index in [1.807, 2.05) is 0 Å². The number of nitrogens with one attached hydrogen (secondary N) is 2. The zero-order chi connectivity index (χ0) is 26.8. The molecule has 4 unspecified atom stereocenters. The average Bonchev–Trinajstić information content (AvgIpc) is 2.91. The molecule has 8 heteroatoms. The van der Waals surface area contributed by atoms with E-state index >= 15 is 0 Å². The third-order valence-corrected chi connectivity index (χ3v) is 19.5. The Morgan fingerprint density at radius 3 is 1.15 bits per heavy atom. The minimum atomic E-state index is -1.74. The van der Waals surface area contributed by atoms with E-state index in [2.05, 4.69) is 111 Å². The Hall–Kier alpha value is 0.708. The van der Waals surface area contributed by atoms with Crippen LogP contribution in [-0.4, -0.2) is 57.4 Å². The van der Waals surface area contributed by atoms with Crippen molar-refractivity contribution in [3.8, 4) is 0 Å². The zero-order valence-corrected chi connectivity index (χ0v) is 29.8. The van der Waals surface area contributed by atoms with Gasteiger partial charge in [-0.3, -0.25) is 0 Å². The SMILES string of the molecule is CC1C([Si](C)(CCO[Si](C)(C)C)NC(C)(C)C)CCC1[Si](C)(CCO[Si](C)(C)C)NC(C)(C)C. The Balaban J connectivity index is 3.16. The molecule has 1 rings (SSSR count). The van der Waals surface area contributed by atoms with Crippen molar-refractivity contribution in [3.63, 3.8) is 0 Å². The Bertz CT molecular complexity index is 583. The van der Waals surface area contributed by atoms with Crippen molar-refractivity contribution < 1.29 is 8.85 Å². The first kappa shape index (κ1) is 32.7. The van der Waals surface area contributed by atoms with E-state index in [-0.39, 0.29) is 11.1 Å². The van der Waals surface area contributed by atoms with Crippen LogP contribution in [0.15, 0.2) is 0 Å². The van der Waals surface area contributed by atoms with Crippen molar-refractivity contribution in [2.24, 2.45) is 5.92 Å². The molecule has 0 radical (unpaired) electrons. The van der Waals surface area contributed by atoms with Crippen LogP contribution in [0, 0.1) is 5.92 Å². The molecule has 1 aliphatic rings. The molecule has 1 saturated carbocycles. The maximum absolute atomic E-state index is 6.40. The molecule has 0 amide bonds. The molecule has 1 fully saturated rings. The fourth-order valence-corrected chi connectivity index (χ4v) is 18.8. The van der Waals surface area contributed by atoms with Crippen LogP contribution >= 0.6 is 0 Å². The Morgan fingerprint density at radius 1 is 0.618 bits per heavy atom. The number of hydrogen-bond acceptors (Lipinski definition) is 4. The monoisotopic (exact) mass is 546 g/mol. The van der Waals surface area contributed by atoms with Gasteiger partial charge in [0.2, 0.25) is 0 Å². The molecule has 2 N–H and O–H groups in total. The molecule has 0 spiro atoms. The second-order valence-corrected chi connectivity index (χ2v) is 33.3. The van der Waals surface area contributed by atoms with Gasteiger partial charge in [-0.15, -0.1) is 0 Å². The molecule has 0 aromatic rings. The third kappa shape index (κ3) is 11.4. The predicted molar refractivity (Wildman–Crippen MR) is 163 cm³/mol. The van der Waals surface area contributed by atoms with Crippen LogP contribution in [0.2, 0.25) is 75.5 Å². The highest BCUT2D eigenvalue weighted by atomic mass is 28.4. The summed E-state index contributed by atoms with van der Waals surface area (Å²) in [4.78, 5) is 8.45. The highest BCUT2D eigenvalue weighted by molar-refractivity contribution is 6.80. The van der Waals surface area contributed by atoms with Gasteiger partial charge in [0.1, 0.15) is 16.5 Å². The summed E-state index contributed by atoms with van der Waals surface area (Å²) >= 11 is 0. The van der Waals surface area contributed by atoms with Crippen molar-refractivity contribution in [3.05, 3.63) is 0 Å². The molecule has 0 bridgehead atoms. The van der Waals surface area contributed by atoms with Gasteiger partial charge in [0, 0.05) is 24.3 Å². The Morgan fingerprint density at radius 2 is 0.912 bits per heavy atom. The van der Waals surface area contributed by atoms with E-state index in [4.69, 9.17) is 8.85 Å². The highest BCUT2D eigenvalue weighted by Gasteiger charge is 2.53. The molecule has 34 heavy (non-hydrogen) atoms. The van der Waals surface area contributed by atoms with E-state index < -0.39 is 33.1 Å². The topological polar surface area (TPSA) is 42.5 Å². The quantitative estimate of drug-likeness (QED) is 0.245. The molecule has 204 valence electrons. The van der Waals surface area contributed by atoms with Gasteiger partial charge in [0.05, 0.1) is 0 Å². The predicted octanol–water partition coefficient (Wildman–Crippen LogP) is 7.79. The van der Waals surface area contributed by atoms with Crippen LogP contribution in [-0.2, 0) is 8.85 Å². The van der Waals surface area contributed by atoms with E-state index in [0.717, 1.165) is 30.2 Å². The summed E-state index contributed by atoms with van der Waals surface area (Å²) in [6.07, 6.45) is 2.74. The highest BCUT2D eigenvalue weighted by Crippen LogP contribution is 2.54. The van der Waals surface area contributed by atoms with Gasteiger partial charge in [0.25, 0.3) is 0 Å². The third-order valence-electron chi connectivity index (χ3n) is 7.33. The molecule has 0 saturated heterocycles. The first-order valence-corrected chi connectivity index (χ1v) is 26.2. The number of hydrogen-bond donors (Lipinski definition) is 2. The first-order valence-electron chi connectivity index (χ1n) is 13.8. The second kappa shape index (κ2) is 11.6. The molecule has 4 atom stereocenters. The maximum atomic E-state index is 6.40. The second-order valence-electron chi connectivity index (χ2n) is 15.7. The Kier molecular flexibility index (Phi) is 11.2. The molecular formula is C26H62N2O2Si4. The van der Waals surface area contributed by atoms with Crippen LogP contribution in [0.3, 0.4) is 0 Å². The van der Waals surface area contributed by atoms with Crippen LogP contribution in [0.5, 0.6) is 0 Å². The van der Waals surface area contributed by atoms with Crippen molar-refractivity contribution in [2.45, 2.75) is 148 Å². The molecule has 4 nitrogen and oxygen atoms in total. The summed E-state index contributed by atoms with van der Waals surface area (Å²) in [5, 5.41) is 0. The number of rotatable bonds is 12. The zero-order valence-electron chi connectivity index (χ0n) is 25.8. The van der Waals surface area contributed by atoms with Crippen molar-refractivity contribution >= 4 is 33.1 Å². The smallest absolute Gasteiger partial charge is 0.183 e. The summed E-state index contributed by atoms with van der Waals surface area (Å²) in [6, 6.07) is 2.44. The lowest BCUT2D eigenvalue weighted by Gasteiger charge is -2.46. The molecule has 0 aromatic heterocycles. The van der Waals surface area contributed by atoms with Gasteiger partial charge in [-0.2, -0.15) is 0 Å². The summed E-state index contributed by atoms with van der Waals surface area (Å²) in [5.41, 5.74) is 1.89. The largest absolute Gasteiger partial charge is 0.418 e. The standard InChI is InChI=1S/C26H62N2O2Si4/c1-22-23(33(14,27-25(2,3)4)20-18-29-31(8,9)10)16-17-24(22)34(15,28-26(5,6)7)21-19-30-32(11,12)13/h22-24,27-28H,16-21H2,1-15H3. The van der Waals surface area contributed by atoms with Gasteiger partial charge in [-0.05, 0) is 110 Å². The lowest BCUT2D eigenvalue weighted by Crippen LogP contribution is -2.62. The molecule has 0 aromatic carbocycles. The van der Waals surface area contributed by atoms with E-state index in [0.29, 0.717) is 0 Å². The summed E-state index contributed by atoms with van der Waals surface area (Å²) in [5.74, 6) is 0.747. The minimum Gasteiger partial charge on any atom is -0.418 e. The fraction of sp³-hybridized carbons (Fsp3) is 1.00. The molecule has 0 heterocycles. The Labute approximate surface area is 218 Å². The van der Waals surface area contributed by atoms with Gasteiger partial charge < -0.3 is 18.8 Å². The molecule has 0 aliphatic heterocycles. The van der Waals surface area contributed by atoms with Gasteiger partial charge in [-0.1, -0.05) is 32.9 Å². The lowest BCUT2D eigenvalue weighted by atomic mass is 10.1. The van der Waals surface area contributed by atoms with Crippen LogP contribution in [0.1, 0.15) is 61.3 Å². The lowest BCUT2D eigenvalue weighted by molar-refractivity contribution is 0.327. The fourth-order valence-electron chi connectivity index (χ4n) is 6.50. The average molecular weight is 547 g/mol. The van der Waals surface area contributed by atoms with Gasteiger partial charge >= 0.3 is 0 Å². The van der Waals surface area contributed by atoms with E-state index in [1.54, 1.807) is 0 Å². The van der Waals surface area contributed by atoms with Gasteiger partial charge in [0.15, 0.2) is 16.6 Å².